The van der Waals surface area contributed by atoms with E-state index in [4.69, 9.17) is 20.9 Å². The highest BCUT2D eigenvalue weighted by Gasteiger charge is 2.38. The van der Waals surface area contributed by atoms with Gasteiger partial charge < -0.3 is 26.3 Å². The molecule has 39 heavy (non-hydrogen) atoms. The van der Waals surface area contributed by atoms with Crippen molar-refractivity contribution in [3.63, 3.8) is 0 Å². The minimum Gasteiger partial charge on any atom is -0.493 e. The van der Waals surface area contributed by atoms with Gasteiger partial charge in [-0.2, -0.15) is 4.37 Å². The van der Waals surface area contributed by atoms with Gasteiger partial charge in [0.1, 0.15) is 10.9 Å². The monoisotopic (exact) mass is 551 g/mol. The average Bonchev–Trinajstić information content (AvgIpc) is 3.57. The van der Waals surface area contributed by atoms with Crippen molar-refractivity contribution in [2.24, 2.45) is 5.73 Å². The quantitative estimate of drug-likeness (QED) is 0.365. The van der Waals surface area contributed by atoms with Gasteiger partial charge in [-0.3, -0.25) is 19.3 Å². The van der Waals surface area contributed by atoms with Crippen molar-refractivity contribution >= 4 is 40.6 Å². The van der Waals surface area contributed by atoms with Gasteiger partial charge in [0, 0.05) is 11.7 Å². The van der Waals surface area contributed by atoms with Crippen LogP contribution in [-0.2, 0) is 4.79 Å². The molecule has 10 nitrogen and oxygen atoms in total. The highest BCUT2D eigenvalue weighted by atomic mass is 32.1. The molecule has 0 aliphatic heterocycles. The molecule has 0 bridgehead atoms. The minimum atomic E-state index is -1.10. The van der Waals surface area contributed by atoms with Gasteiger partial charge in [-0.05, 0) is 73.1 Å². The molecule has 3 amide bonds. The predicted octanol–water partition coefficient (Wildman–Crippen LogP) is 3.91. The Morgan fingerprint density at radius 1 is 1.08 bits per heavy atom. The van der Waals surface area contributed by atoms with Crippen LogP contribution in [0, 0.1) is 13.8 Å². The third kappa shape index (κ3) is 5.53. The molecule has 0 spiro atoms. The van der Waals surface area contributed by atoms with Crippen LogP contribution >= 0.6 is 11.5 Å². The molecule has 0 saturated heterocycles. The minimum absolute atomic E-state index is 0.00522. The summed E-state index contributed by atoms with van der Waals surface area (Å²) in [6, 6.07) is 9.55. The first-order chi connectivity index (χ1) is 18.7. The fourth-order valence-corrected chi connectivity index (χ4v) is 5.63. The molecule has 1 saturated carbocycles. The summed E-state index contributed by atoms with van der Waals surface area (Å²) in [6.45, 7) is 3.81. The van der Waals surface area contributed by atoms with Gasteiger partial charge in [0.05, 0.1) is 19.9 Å². The van der Waals surface area contributed by atoms with E-state index in [1.807, 2.05) is 26.0 Å². The number of aromatic nitrogens is 1. The zero-order valence-electron chi connectivity index (χ0n) is 22.4. The predicted molar refractivity (Wildman–Crippen MR) is 150 cm³/mol. The summed E-state index contributed by atoms with van der Waals surface area (Å²) < 4.78 is 14.9. The smallest absolute Gasteiger partial charge is 0.273 e. The number of amides is 3. The molecule has 4 rings (SSSR count). The van der Waals surface area contributed by atoms with Gasteiger partial charge in [-0.15, -0.1) is 0 Å². The van der Waals surface area contributed by atoms with Crippen LogP contribution in [0.15, 0.2) is 36.4 Å². The Bertz CT molecular complexity index is 1400. The maximum absolute atomic E-state index is 14.3. The molecule has 5 N–H and O–H groups in total. The number of nitrogens with one attached hydrogen (secondary N) is 1. The second kappa shape index (κ2) is 11.7. The first kappa shape index (κ1) is 27.9. The van der Waals surface area contributed by atoms with E-state index in [9.17, 15) is 14.4 Å². The topological polar surface area (TPSA) is 150 Å². The van der Waals surface area contributed by atoms with E-state index in [0.29, 0.717) is 22.7 Å². The van der Waals surface area contributed by atoms with E-state index in [2.05, 4.69) is 9.69 Å². The standard InChI is InChI=1S/C28H33N5O5S/c1-15-8-7-11-19(16(15)2)33(28(36)25-22(29)23(26(30)34)32-39-25)24(27(35)31-18-9-5-6-10-18)17-12-13-20(37-3)21(14-17)38-4/h7-8,11-14,18,24H,5-6,9-10,29H2,1-4H3,(H2,30,34)(H,31,35). The second-order valence-electron chi connectivity index (χ2n) is 9.54. The lowest BCUT2D eigenvalue weighted by molar-refractivity contribution is -0.123. The molecule has 0 radical (unpaired) electrons. The molecule has 1 fully saturated rings. The summed E-state index contributed by atoms with van der Waals surface area (Å²) >= 11 is 0.773. The van der Waals surface area contributed by atoms with Crippen LogP contribution in [0.1, 0.15) is 68.6 Å². The number of nitrogens with two attached hydrogens (primary N) is 2. The normalized spacial score (nSPS) is 14.1. The largest absolute Gasteiger partial charge is 0.493 e. The Morgan fingerprint density at radius 3 is 2.38 bits per heavy atom. The van der Waals surface area contributed by atoms with Crippen molar-refractivity contribution in [2.45, 2.75) is 51.6 Å². The van der Waals surface area contributed by atoms with Crippen molar-refractivity contribution in [3.05, 3.63) is 63.7 Å². The highest BCUT2D eigenvalue weighted by Crippen LogP contribution is 2.38. The van der Waals surface area contributed by atoms with Crippen molar-refractivity contribution in [2.75, 3.05) is 24.9 Å². The van der Waals surface area contributed by atoms with Crippen LogP contribution in [0.25, 0.3) is 0 Å². The third-order valence-corrected chi connectivity index (χ3v) is 7.99. The average molecular weight is 552 g/mol. The fourth-order valence-electron chi connectivity index (χ4n) is 4.89. The maximum atomic E-state index is 14.3. The Balaban J connectivity index is 1.94. The van der Waals surface area contributed by atoms with Crippen LogP contribution in [-0.4, -0.2) is 42.4 Å². The number of hydrogen-bond donors (Lipinski definition) is 3. The van der Waals surface area contributed by atoms with Gasteiger partial charge in [0.2, 0.25) is 5.91 Å². The molecule has 1 aliphatic carbocycles. The van der Waals surface area contributed by atoms with E-state index in [-0.39, 0.29) is 28.2 Å². The van der Waals surface area contributed by atoms with Gasteiger partial charge >= 0.3 is 0 Å². The number of carbonyl (C=O) groups excluding carboxylic acids is 3. The zero-order chi connectivity index (χ0) is 28.3. The molecule has 1 aliphatic rings. The number of anilines is 2. The van der Waals surface area contributed by atoms with Crippen molar-refractivity contribution < 1.29 is 23.9 Å². The molecule has 1 unspecified atom stereocenters. The molecule has 1 atom stereocenters. The number of methoxy groups -OCH3 is 2. The van der Waals surface area contributed by atoms with Crippen molar-refractivity contribution in [1.82, 2.24) is 9.69 Å². The summed E-state index contributed by atoms with van der Waals surface area (Å²) in [6.07, 6.45) is 3.79. The van der Waals surface area contributed by atoms with Crippen molar-refractivity contribution in [3.8, 4) is 11.5 Å². The lowest BCUT2D eigenvalue weighted by Gasteiger charge is -2.33. The molecular weight excluding hydrogens is 518 g/mol. The molecule has 206 valence electrons. The molecule has 1 aromatic heterocycles. The number of hydrogen-bond acceptors (Lipinski definition) is 8. The summed E-state index contributed by atoms with van der Waals surface area (Å²) in [5, 5.41) is 3.15. The third-order valence-electron chi connectivity index (χ3n) is 7.14. The van der Waals surface area contributed by atoms with E-state index < -0.39 is 17.9 Å². The first-order valence-electron chi connectivity index (χ1n) is 12.6. The molecule has 1 heterocycles. The SMILES string of the molecule is COc1ccc(C(C(=O)NC2CCCC2)N(C(=O)c2snc(C(N)=O)c2N)c2cccc(C)c2C)cc1OC. The highest BCUT2D eigenvalue weighted by molar-refractivity contribution is 7.09. The van der Waals surface area contributed by atoms with Crippen molar-refractivity contribution in [1.29, 1.82) is 0 Å². The lowest BCUT2D eigenvalue weighted by Crippen LogP contribution is -2.46. The van der Waals surface area contributed by atoms with Gasteiger partial charge in [-0.1, -0.05) is 31.0 Å². The summed E-state index contributed by atoms with van der Waals surface area (Å²) in [4.78, 5) is 41.7. The Morgan fingerprint density at radius 2 is 1.77 bits per heavy atom. The number of nitrogens with zero attached hydrogens (tertiary/aromatic N) is 2. The van der Waals surface area contributed by atoms with Gasteiger partial charge in [0.25, 0.3) is 11.8 Å². The fraction of sp³-hybridized carbons (Fsp3) is 0.357. The summed E-state index contributed by atoms with van der Waals surface area (Å²) in [5.74, 6) is -0.861. The maximum Gasteiger partial charge on any atom is 0.273 e. The number of aryl methyl sites for hydroxylation is 1. The van der Waals surface area contributed by atoms with E-state index in [1.165, 1.54) is 19.1 Å². The van der Waals surface area contributed by atoms with Gasteiger partial charge in [0.15, 0.2) is 17.2 Å². The molecular formula is C28H33N5O5S. The number of ether oxygens (including phenoxy) is 2. The van der Waals surface area contributed by atoms with Crippen LogP contribution in [0.2, 0.25) is 0 Å². The molecule has 3 aromatic rings. The van der Waals surface area contributed by atoms with Gasteiger partial charge in [-0.25, -0.2) is 0 Å². The number of nitrogen functional groups attached to an aromatic ring is 1. The van der Waals surface area contributed by atoms with Crippen LogP contribution < -0.4 is 31.2 Å². The summed E-state index contributed by atoms with van der Waals surface area (Å²) in [7, 11) is 3.03. The first-order valence-corrected chi connectivity index (χ1v) is 13.4. The van der Waals surface area contributed by atoms with Crippen LogP contribution in [0.5, 0.6) is 11.5 Å². The van der Waals surface area contributed by atoms with E-state index in [0.717, 1.165) is 48.3 Å². The number of rotatable bonds is 9. The number of carbonyl (C=O) groups is 3. The lowest BCUT2D eigenvalue weighted by atomic mass is 9.99. The van der Waals surface area contributed by atoms with Crippen LogP contribution in [0.3, 0.4) is 0 Å². The Labute approximate surface area is 231 Å². The summed E-state index contributed by atoms with van der Waals surface area (Å²) in [5.41, 5.74) is 14.1. The zero-order valence-corrected chi connectivity index (χ0v) is 23.3. The molecule has 11 heteroatoms. The van der Waals surface area contributed by atoms with Crippen LogP contribution in [0.4, 0.5) is 11.4 Å². The van der Waals surface area contributed by atoms with E-state index >= 15 is 0 Å². The Kier molecular flexibility index (Phi) is 8.39. The number of primary amides is 1. The molecule has 2 aromatic carbocycles. The second-order valence-corrected chi connectivity index (χ2v) is 10.3. The van der Waals surface area contributed by atoms with E-state index in [1.54, 1.807) is 24.3 Å². The number of benzene rings is 2. The Hall–Kier alpha value is -4.12.